The summed E-state index contributed by atoms with van der Waals surface area (Å²) in [6.45, 7) is 0.314. The largest absolute Gasteiger partial charge is 0.507 e. The molecule has 0 aliphatic rings. The normalized spacial score (nSPS) is 9.95. The zero-order chi connectivity index (χ0) is 13.7. The topological polar surface area (TPSA) is 55.8 Å². The van der Waals surface area contributed by atoms with Crippen LogP contribution in [0, 0.1) is 0 Å². The van der Waals surface area contributed by atoms with Gasteiger partial charge in [-0.05, 0) is 29.8 Å². The Bertz CT molecular complexity index is 561. The van der Waals surface area contributed by atoms with E-state index in [0.717, 1.165) is 11.3 Å². The van der Waals surface area contributed by atoms with E-state index in [2.05, 4.69) is 0 Å². The maximum absolute atomic E-state index is 10.9. The van der Waals surface area contributed by atoms with Gasteiger partial charge in [0.2, 0.25) is 0 Å². The number of hydrogen-bond acceptors (Lipinski definition) is 4. The molecule has 0 saturated heterocycles. The summed E-state index contributed by atoms with van der Waals surface area (Å²) in [5.74, 6) is 1.06. The number of carbonyl (C=O) groups is 1. The molecule has 0 aliphatic heterocycles. The molecule has 0 unspecified atom stereocenters. The van der Waals surface area contributed by atoms with E-state index in [-0.39, 0.29) is 11.3 Å². The second-order valence-electron chi connectivity index (χ2n) is 3.94. The summed E-state index contributed by atoms with van der Waals surface area (Å²) in [6.07, 6.45) is 0.582. The molecule has 0 amide bonds. The van der Waals surface area contributed by atoms with Gasteiger partial charge < -0.3 is 14.6 Å². The van der Waals surface area contributed by atoms with Crippen LogP contribution in [0.25, 0.3) is 0 Å². The number of phenolic OH excluding ortho intramolecular Hbond substituents is 1. The predicted molar refractivity (Wildman–Crippen MR) is 70.8 cm³/mol. The first-order chi connectivity index (χ1) is 9.24. The smallest absolute Gasteiger partial charge is 0.157 e. The molecule has 98 valence electrons. The SMILES string of the molecule is COc1ccc(COc2cccc(O)c2C=O)cc1. The number of hydrogen-bond donors (Lipinski definition) is 1. The van der Waals surface area contributed by atoms with E-state index >= 15 is 0 Å². The van der Waals surface area contributed by atoms with Gasteiger partial charge in [0.1, 0.15) is 23.9 Å². The fourth-order valence-corrected chi connectivity index (χ4v) is 1.66. The van der Waals surface area contributed by atoms with E-state index in [9.17, 15) is 9.90 Å². The minimum Gasteiger partial charge on any atom is -0.507 e. The molecule has 1 N–H and O–H groups in total. The molecule has 0 bridgehead atoms. The number of methoxy groups -OCH3 is 1. The van der Waals surface area contributed by atoms with E-state index in [1.54, 1.807) is 19.2 Å². The van der Waals surface area contributed by atoms with Crippen LogP contribution in [0.2, 0.25) is 0 Å². The zero-order valence-corrected chi connectivity index (χ0v) is 10.5. The molecule has 0 spiro atoms. The number of phenols is 1. The third-order valence-electron chi connectivity index (χ3n) is 2.71. The second-order valence-corrected chi connectivity index (χ2v) is 3.94. The van der Waals surface area contributed by atoms with Gasteiger partial charge in [-0.15, -0.1) is 0 Å². The highest BCUT2D eigenvalue weighted by Crippen LogP contribution is 2.26. The maximum atomic E-state index is 10.9. The van der Waals surface area contributed by atoms with Crippen LogP contribution in [0.3, 0.4) is 0 Å². The molecule has 4 heteroatoms. The van der Waals surface area contributed by atoms with Crippen molar-refractivity contribution in [3.05, 3.63) is 53.6 Å². The fraction of sp³-hybridized carbons (Fsp3) is 0.133. The first-order valence-corrected chi connectivity index (χ1v) is 5.77. The summed E-state index contributed by atoms with van der Waals surface area (Å²) in [5.41, 5.74) is 1.11. The highest BCUT2D eigenvalue weighted by atomic mass is 16.5. The summed E-state index contributed by atoms with van der Waals surface area (Å²) >= 11 is 0. The fourth-order valence-electron chi connectivity index (χ4n) is 1.66. The lowest BCUT2D eigenvalue weighted by Gasteiger charge is -2.09. The number of ether oxygens (including phenoxy) is 2. The van der Waals surface area contributed by atoms with Crippen molar-refractivity contribution in [2.75, 3.05) is 7.11 Å². The number of aldehydes is 1. The average molecular weight is 258 g/mol. The Kier molecular flexibility index (Phi) is 4.03. The van der Waals surface area contributed by atoms with Crippen molar-refractivity contribution in [1.82, 2.24) is 0 Å². The molecule has 4 nitrogen and oxygen atoms in total. The molecule has 0 radical (unpaired) electrons. The Morgan fingerprint density at radius 1 is 1.16 bits per heavy atom. The lowest BCUT2D eigenvalue weighted by molar-refractivity contribution is 0.111. The van der Waals surface area contributed by atoms with Crippen LogP contribution in [0.5, 0.6) is 17.2 Å². The third kappa shape index (κ3) is 3.04. The van der Waals surface area contributed by atoms with Crippen LogP contribution in [-0.2, 0) is 6.61 Å². The van der Waals surface area contributed by atoms with Gasteiger partial charge in [0.05, 0.1) is 12.7 Å². The summed E-state index contributed by atoms with van der Waals surface area (Å²) in [6, 6.07) is 12.1. The molecule has 0 aliphatic carbocycles. The molecular formula is C15H14O4. The maximum Gasteiger partial charge on any atom is 0.157 e. The molecule has 0 heterocycles. The minimum atomic E-state index is -0.0813. The average Bonchev–Trinajstić information content (AvgIpc) is 2.45. The molecule has 19 heavy (non-hydrogen) atoms. The molecular weight excluding hydrogens is 244 g/mol. The molecule has 2 aromatic rings. The Balaban J connectivity index is 2.09. The van der Waals surface area contributed by atoms with Crippen LogP contribution < -0.4 is 9.47 Å². The number of aromatic hydroxyl groups is 1. The van der Waals surface area contributed by atoms with Crippen LogP contribution in [0.1, 0.15) is 15.9 Å². The highest BCUT2D eigenvalue weighted by Gasteiger charge is 2.07. The predicted octanol–water partition coefficient (Wildman–Crippen LogP) is 2.79. The second kappa shape index (κ2) is 5.91. The first kappa shape index (κ1) is 13.0. The summed E-state index contributed by atoms with van der Waals surface area (Å²) < 4.78 is 10.6. The van der Waals surface area contributed by atoms with Crippen LogP contribution >= 0.6 is 0 Å². The summed E-state index contributed by atoms with van der Waals surface area (Å²) in [5, 5.41) is 9.53. The molecule has 2 aromatic carbocycles. The molecule has 2 rings (SSSR count). The molecule has 0 aromatic heterocycles. The van der Waals surface area contributed by atoms with E-state index < -0.39 is 0 Å². The third-order valence-corrected chi connectivity index (χ3v) is 2.71. The summed E-state index contributed by atoms with van der Waals surface area (Å²) in [4.78, 5) is 10.9. The van der Waals surface area contributed by atoms with Crippen molar-refractivity contribution in [3.63, 3.8) is 0 Å². The van der Waals surface area contributed by atoms with Crippen molar-refractivity contribution in [2.24, 2.45) is 0 Å². The van der Waals surface area contributed by atoms with Crippen molar-refractivity contribution in [1.29, 1.82) is 0 Å². The van der Waals surface area contributed by atoms with Crippen molar-refractivity contribution in [2.45, 2.75) is 6.61 Å². The number of benzene rings is 2. The first-order valence-electron chi connectivity index (χ1n) is 5.77. The standard InChI is InChI=1S/C15H14O4/c1-18-12-7-5-11(6-8-12)10-19-15-4-2-3-14(17)13(15)9-16/h2-9,17H,10H2,1H3. The van der Waals surface area contributed by atoms with E-state index in [0.29, 0.717) is 18.6 Å². The quantitative estimate of drug-likeness (QED) is 0.838. The van der Waals surface area contributed by atoms with Crippen molar-refractivity contribution in [3.8, 4) is 17.2 Å². The van der Waals surface area contributed by atoms with Gasteiger partial charge in [0.15, 0.2) is 6.29 Å². The lowest BCUT2D eigenvalue weighted by atomic mass is 10.2. The van der Waals surface area contributed by atoms with Crippen LogP contribution in [0.4, 0.5) is 0 Å². The Labute approximate surface area is 111 Å². The van der Waals surface area contributed by atoms with Gasteiger partial charge in [-0.1, -0.05) is 18.2 Å². The van der Waals surface area contributed by atoms with Gasteiger partial charge in [-0.25, -0.2) is 0 Å². The van der Waals surface area contributed by atoms with Crippen molar-refractivity contribution < 1.29 is 19.4 Å². The van der Waals surface area contributed by atoms with E-state index in [4.69, 9.17) is 9.47 Å². The van der Waals surface area contributed by atoms with Gasteiger partial charge >= 0.3 is 0 Å². The minimum absolute atomic E-state index is 0.0813. The molecule has 0 saturated carbocycles. The van der Waals surface area contributed by atoms with Gasteiger partial charge in [0.25, 0.3) is 0 Å². The van der Waals surface area contributed by atoms with Crippen molar-refractivity contribution >= 4 is 6.29 Å². The Morgan fingerprint density at radius 3 is 2.53 bits per heavy atom. The monoisotopic (exact) mass is 258 g/mol. The number of rotatable bonds is 5. The highest BCUT2D eigenvalue weighted by molar-refractivity contribution is 5.83. The van der Waals surface area contributed by atoms with Gasteiger partial charge in [-0.3, -0.25) is 4.79 Å². The van der Waals surface area contributed by atoms with Gasteiger partial charge in [0, 0.05) is 0 Å². The van der Waals surface area contributed by atoms with Crippen LogP contribution in [0.15, 0.2) is 42.5 Å². The van der Waals surface area contributed by atoms with E-state index in [1.165, 1.54) is 6.07 Å². The van der Waals surface area contributed by atoms with E-state index in [1.807, 2.05) is 24.3 Å². The molecule has 0 fully saturated rings. The molecule has 0 atom stereocenters. The number of carbonyl (C=O) groups excluding carboxylic acids is 1. The zero-order valence-electron chi connectivity index (χ0n) is 10.5. The Morgan fingerprint density at radius 2 is 1.89 bits per heavy atom. The lowest BCUT2D eigenvalue weighted by Crippen LogP contribution is -1.98. The summed E-state index contributed by atoms with van der Waals surface area (Å²) in [7, 11) is 1.61. The van der Waals surface area contributed by atoms with Gasteiger partial charge in [-0.2, -0.15) is 0 Å². The Hall–Kier alpha value is -2.49. The van der Waals surface area contributed by atoms with Crippen LogP contribution in [-0.4, -0.2) is 18.5 Å².